The van der Waals surface area contributed by atoms with Gasteiger partial charge in [0.1, 0.15) is 0 Å². The van der Waals surface area contributed by atoms with Gasteiger partial charge in [-0.25, -0.2) is 18.2 Å². The number of ether oxygens (including phenoxy) is 1. The Bertz CT molecular complexity index is 1230. The first kappa shape index (κ1) is 18.6. The van der Waals surface area contributed by atoms with Crippen LogP contribution in [-0.2, 0) is 25.8 Å². The van der Waals surface area contributed by atoms with E-state index in [9.17, 15) is 18.0 Å². The summed E-state index contributed by atoms with van der Waals surface area (Å²) >= 11 is 1.16. The van der Waals surface area contributed by atoms with Crippen molar-refractivity contribution in [3.05, 3.63) is 53.6 Å². The predicted octanol–water partition coefficient (Wildman–Crippen LogP) is 2.81. The number of benzene rings is 2. The van der Waals surface area contributed by atoms with Crippen LogP contribution in [0.15, 0.2) is 47.4 Å². The molecule has 0 bridgehead atoms. The number of esters is 1. The normalized spacial score (nSPS) is 19.1. The van der Waals surface area contributed by atoms with Gasteiger partial charge in [0.25, 0.3) is 5.91 Å². The minimum Gasteiger partial charge on any atom is -0.445 e. The number of sulfone groups is 1. The summed E-state index contributed by atoms with van der Waals surface area (Å²) in [4.78, 5) is 29.6. The molecule has 1 aliphatic heterocycles. The van der Waals surface area contributed by atoms with Crippen LogP contribution in [-0.4, -0.2) is 37.1 Å². The van der Waals surface area contributed by atoms with Crippen molar-refractivity contribution >= 4 is 48.4 Å². The number of carbonyl (C=O) groups excluding carboxylic acids is 2. The van der Waals surface area contributed by atoms with Gasteiger partial charge >= 0.3 is 5.97 Å². The lowest BCUT2D eigenvalue weighted by Crippen LogP contribution is -2.48. The fraction of sp³-hybridized carbons (Fsp3) is 0.211. The minimum atomic E-state index is -3.34. The van der Waals surface area contributed by atoms with E-state index >= 15 is 0 Å². The maximum Gasteiger partial charge on any atom is 0.339 e. The molecular formula is C19H16N2O5S2. The third kappa shape index (κ3) is 3.27. The van der Waals surface area contributed by atoms with E-state index < -0.39 is 27.3 Å². The van der Waals surface area contributed by atoms with Crippen molar-refractivity contribution in [2.45, 2.75) is 23.8 Å². The average Bonchev–Trinajstić information content (AvgIpc) is 3.02. The molecule has 7 nitrogen and oxygen atoms in total. The zero-order chi connectivity index (χ0) is 20.1. The summed E-state index contributed by atoms with van der Waals surface area (Å²) in [5.74, 6) is -1.03. The summed E-state index contributed by atoms with van der Waals surface area (Å²) < 4.78 is 29.5. The molecule has 1 amide bonds. The van der Waals surface area contributed by atoms with Gasteiger partial charge in [0, 0.05) is 12.7 Å². The molecule has 1 unspecified atom stereocenters. The highest BCUT2D eigenvalue weighted by molar-refractivity contribution is 7.90. The molecule has 0 saturated carbocycles. The molecule has 1 N–H and O–H groups in total. The van der Waals surface area contributed by atoms with Crippen LogP contribution in [0.5, 0.6) is 0 Å². The largest absolute Gasteiger partial charge is 0.445 e. The highest BCUT2D eigenvalue weighted by Gasteiger charge is 2.42. The fourth-order valence-corrected chi connectivity index (χ4v) is 4.70. The number of hydrogen-bond acceptors (Lipinski definition) is 7. The van der Waals surface area contributed by atoms with Crippen LogP contribution >= 0.6 is 11.3 Å². The Labute approximate surface area is 165 Å². The molecular weight excluding hydrogens is 400 g/mol. The van der Waals surface area contributed by atoms with Gasteiger partial charge in [0.2, 0.25) is 0 Å². The number of fused-ring (bicyclic) bond motifs is 2. The van der Waals surface area contributed by atoms with Gasteiger partial charge in [-0.1, -0.05) is 29.5 Å². The highest BCUT2D eigenvalue weighted by Crippen LogP contribution is 2.32. The molecule has 3 aromatic rings. The van der Waals surface area contributed by atoms with Gasteiger partial charge in [-0.2, -0.15) is 0 Å². The molecule has 1 atom stereocenters. The lowest BCUT2D eigenvalue weighted by Gasteiger charge is -2.32. The molecule has 4 rings (SSSR count). The Morgan fingerprint density at radius 1 is 1.25 bits per heavy atom. The molecule has 2 aromatic carbocycles. The predicted molar refractivity (Wildman–Crippen MR) is 105 cm³/mol. The van der Waals surface area contributed by atoms with E-state index in [1.807, 2.05) is 6.07 Å². The average molecular weight is 416 g/mol. The first-order valence-corrected chi connectivity index (χ1v) is 11.1. The van der Waals surface area contributed by atoms with Crippen molar-refractivity contribution < 1.29 is 22.7 Å². The van der Waals surface area contributed by atoms with E-state index in [4.69, 9.17) is 4.74 Å². The second-order valence-electron chi connectivity index (χ2n) is 6.83. The first-order valence-electron chi connectivity index (χ1n) is 8.39. The van der Waals surface area contributed by atoms with Crippen molar-refractivity contribution in [3.8, 4) is 0 Å². The lowest BCUT2D eigenvalue weighted by atomic mass is 9.89. The minimum absolute atomic E-state index is 0.186. The first-order chi connectivity index (χ1) is 13.2. The lowest BCUT2D eigenvalue weighted by molar-refractivity contribution is -0.134. The molecule has 9 heteroatoms. The van der Waals surface area contributed by atoms with Crippen LogP contribution in [0.1, 0.15) is 22.8 Å². The van der Waals surface area contributed by atoms with Gasteiger partial charge in [0.05, 0.1) is 20.7 Å². The summed E-state index contributed by atoms with van der Waals surface area (Å²) in [6, 6.07) is 11.6. The number of hydrogen-bond donors (Lipinski definition) is 1. The number of nitrogens with zero attached hydrogens (tertiary/aromatic N) is 1. The number of cyclic esters (lactones) is 1. The summed E-state index contributed by atoms with van der Waals surface area (Å²) in [6.45, 7) is 1.56. The third-order valence-electron chi connectivity index (χ3n) is 4.57. The van der Waals surface area contributed by atoms with Gasteiger partial charge < -0.3 is 4.74 Å². The van der Waals surface area contributed by atoms with Crippen molar-refractivity contribution in [3.63, 3.8) is 0 Å². The number of aromatic nitrogens is 1. The zero-order valence-corrected chi connectivity index (χ0v) is 16.7. The van der Waals surface area contributed by atoms with Crippen LogP contribution in [0, 0.1) is 0 Å². The Morgan fingerprint density at radius 2 is 2.00 bits per heavy atom. The third-order valence-corrected chi connectivity index (χ3v) is 6.62. The van der Waals surface area contributed by atoms with E-state index in [-0.39, 0.29) is 11.3 Å². The molecule has 0 radical (unpaired) electrons. The van der Waals surface area contributed by atoms with Crippen LogP contribution in [0.3, 0.4) is 0 Å². The quantitative estimate of drug-likeness (QED) is 0.659. The number of nitrogens with one attached hydrogen (secondary N) is 1. The zero-order valence-electron chi connectivity index (χ0n) is 15.1. The SMILES string of the molecule is CC1(C(=O)Nc2nc3ccc(S(C)(=O)=O)cc3s2)Cc2ccccc2C(=O)O1. The Kier molecular flexibility index (Phi) is 4.24. The molecule has 0 saturated heterocycles. The fourth-order valence-electron chi connectivity index (χ4n) is 3.08. The van der Waals surface area contributed by atoms with Crippen molar-refractivity contribution in [1.29, 1.82) is 0 Å². The highest BCUT2D eigenvalue weighted by atomic mass is 32.2. The van der Waals surface area contributed by atoms with E-state index in [0.29, 0.717) is 20.9 Å². The number of amides is 1. The summed E-state index contributed by atoms with van der Waals surface area (Å²) in [6.07, 6.45) is 1.39. The number of rotatable bonds is 3. The second kappa shape index (κ2) is 6.39. The number of anilines is 1. The molecule has 28 heavy (non-hydrogen) atoms. The van der Waals surface area contributed by atoms with Crippen LogP contribution in [0.25, 0.3) is 10.2 Å². The number of thiazole rings is 1. The van der Waals surface area contributed by atoms with E-state index in [1.54, 1.807) is 31.2 Å². The van der Waals surface area contributed by atoms with E-state index in [0.717, 1.165) is 23.2 Å². The van der Waals surface area contributed by atoms with Gasteiger partial charge in [0.15, 0.2) is 20.6 Å². The van der Waals surface area contributed by atoms with E-state index in [1.165, 1.54) is 12.1 Å². The standard InChI is InChI=1S/C19H16N2O5S2/c1-19(10-11-5-3-4-6-13(11)16(22)26-19)17(23)21-18-20-14-8-7-12(28(2,24)25)9-15(14)27-18/h3-9H,10H2,1-2H3,(H,20,21,23). The molecule has 2 heterocycles. The molecule has 0 fully saturated rings. The van der Waals surface area contributed by atoms with Crippen LogP contribution in [0.4, 0.5) is 5.13 Å². The van der Waals surface area contributed by atoms with Crippen LogP contribution < -0.4 is 5.32 Å². The molecule has 1 aliphatic rings. The smallest absolute Gasteiger partial charge is 0.339 e. The Balaban J connectivity index is 1.61. The van der Waals surface area contributed by atoms with Crippen molar-refractivity contribution in [2.24, 2.45) is 0 Å². The maximum atomic E-state index is 12.8. The summed E-state index contributed by atoms with van der Waals surface area (Å²) in [5.41, 5.74) is 0.421. The Hall–Kier alpha value is -2.78. The monoisotopic (exact) mass is 416 g/mol. The molecule has 144 valence electrons. The van der Waals surface area contributed by atoms with E-state index in [2.05, 4.69) is 10.3 Å². The summed E-state index contributed by atoms with van der Waals surface area (Å²) in [5, 5.41) is 3.00. The number of carbonyl (C=O) groups is 2. The molecule has 1 aromatic heterocycles. The second-order valence-corrected chi connectivity index (χ2v) is 9.88. The summed E-state index contributed by atoms with van der Waals surface area (Å²) in [7, 11) is -3.34. The van der Waals surface area contributed by atoms with Gasteiger partial charge in [-0.05, 0) is 36.8 Å². The Morgan fingerprint density at radius 3 is 2.75 bits per heavy atom. The van der Waals surface area contributed by atoms with Crippen molar-refractivity contribution in [2.75, 3.05) is 11.6 Å². The molecule has 0 aliphatic carbocycles. The molecule has 0 spiro atoms. The van der Waals surface area contributed by atoms with Crippen LogP contribution in [0.2, 0.25) is 0 Å². The van der Waals surface area contributed by atoms with Crippen molar-refractivity contribution in [1.82, 2.24) is 4.98 Å². The topological polar surface area (TPSA) is 102 Å². The maximum absolute atomic E-state index is 12.8. The van der Waals surface area contributed by atoms with Gasteiger partial charge in [-0.3, -0.25) is 10.1 Å². The van der Waals surface area contributed by atoms with Gasteiger partial charge in [-0.15, -0.1) is 0 Å².